The molecular weight excluding hydrogens is 248 g/mol. The summed E-state index contributed by atoms with van der Waals surface area (Å²) in [6.45, 7) is 12.3. The summed E-state index contributed by atoms with van der Waals surface area (Å²) in [4.78, 5) is 2.63. The molecule has 4 heteroatoms. The van der Waals surface area contributed by atoms with Gasteiger partial charge in [-0.1, -0.05) is 13.8 Å². The average Bonchev–Trinajstić information content (AvgIpc) is 2.65. The lowest BCUT2D eigenvalue weighted by Gasteiger charge is -2.37. The van der Waals surface area contributed by atoms with E-state index < -0.39 is 0 Å². The number of hydrogen-bond donors (Lipinski definition) is 1. The van der Waals surface area contributed by atoms with Crippen LogP contribution in [0.3, 0.4) is 0 Å². The van der Waals surface area contributed by atoms with Crippen molar-refractivity contribution < 1.29 is 0 Å². The highest BCUT2D eigenvalue weighted by atomic mass is 15.3. The number of rotatable bonds is 4. The van der Waals surface area contributed by atoms with Crippen LogP contribution >= 0.6 is 0 Å². The predicted octanol–water partition coefficient (Wildman–Crippen LogP) is 2.47. The molecule has 0 saturated carbocycles. The molecule has 20 heavy (non-hydrogen) atoms. The molecular formula is C16H30N4. The fourth-order valence-electron chi connectivity index (χ4n) is 3.28. The van der Waals surface area contributed by atoms with Gasteiger partial charge in [-0.05, 0) is 45.7 Å². The second-order valence-electron chi connectivity index (χ2n) is 6.36. The molecule has 0 aromatic carbocycles. The van der Waals surface area contributed by atoms with Crippen molar-refractivity contribution in [3.05, 3.63) is 17.5 Å². The van der Waals surface area contributed by atoms with Gasteiger partial charge in [0.15, 0.2) is 0 Å². The minimum absolute atomic E-state index is 0.276. The Bertz CT molecular complexity index is 434. The Labute approximate surface area is 123 Å². The SMILES string of the molecule is CCC1(CC)CN(Cc2cc(C)nn2C)C(C)CCN1. The molecule has 0 aliphatic carbocycles. The van der Waals surface area contributed by atoms with E-state index in [4.69, 9.17) is 0 Å². The van der Waals surface area contributed by atoms with Crippen molar-refractivity contribution in [1.29, 1.82) is 0 Å². The van der Waals surface area contributed by atoms with Crippen molar-refractivity contribution in [2.75, 3.05) is 13.1 Å². The van der Waals surface area contributed by atoms with Crippen LogP contribution in [0.15, 0.2) is 6.07 Å². The third kappa shape index (κ3) is 3.23. The first-order valence-electron chi connectivity index (χ1n) is 7.98. The van der Waals surface area contributed by atoms with E-state index in [9.17, 15) is 0 Å². The topological polar surface area (TPSA) is 33.1 Å². The maximum atomic E-state index is 4.48. The summed E-state index contributed by atoms with van der Waals surface area (Å²) in [5.41, 5.74) is 2.70. The molecule has 1 fully saturated rings. The number of nitrogens with one attached hydrogen (secondary N) is 1. The first-order valence-corrected chi connectivity index (χ1v) is 7.98. The van der Waals surface area contributed by atoms with Crippen LogP contribution in [-0.2, 0) is 13.6 Å². The fourth-order valence-corrected chi connectivity index (χ4v) is 3.28. The zero-order chi connectivity index (χ0) is 14.8. The summed E-state index contributed by atoms with van der Waals surface area (Å²) in [7, 11) is 2.05. The molecule has 2 heterocycles. The van der Waals surface area contributed by atoms with Gasteiger partial charge in [-0.3, -0.25) is 9.58 Å². The van der Waals surface area contributed by atoms with E-state index in [2.05, 4.69) is 56.1 Å². The Morgan fingerprint density at radius 1 is 1.40 bits per heavy atom. The molecule has 0 amide bonds. The molecule has 1 atom stereocenters. The van der Waals surface area contributed by atoms with Gasteiger partial charge < -0.3 is 5.32 Å². The molecule has 1 unspecified atom stereocenters. The van der Waals surface area contributed by atoms with E-state index in [-0.39, 0.29) is 5.54 Å². The van der Waals surface area contributed by atoms with Crippen molar-refractivity contribution in [2.24, 2.45) is 7.05 Å². The van der Waals surface area contributed by atoms with Gasteiger partial charge in [0.25, 0.3) is 0 Å². The number of aryl methyl sites for hydroxylation is 2. The summed E-state index contributed by atoms with van der Waals surface area (Å²) >= 11 is 0. The molecule has 1 aliphatic rings. The first-order chi connectivity index (χ1) is 9.49. The zero-order valence-corrected chi connectivity index (χ0v) is 13.7. The molecule has 1 aromatic heterocycles. The number of aromatic nitrogens is 2. The lowest BCUT2D eigenvalue weighted by Crippen LogP contribution is -2.51. The molecule has 1 aromatic rings. The summed E-state index contributed by atoms with van der Waals surface area (Å²) in [6, 6.07) is 2.84. The van der Waals surface area contributed by atoms with Crippen molar-refractivity contribution in [3.63, 3.8) is 0 Å². The maximum absolute atomic E-state index is 4.48. The Hall–Kier alpha value is -0.870. The highest BCUT2D eigenvalue weighted by molar-refractivity contribution is 5.09. The van der Waals surface area contributed by atoms with Gasteiger partial charge in [0.2, 0.25) is 0 Å². The van der Waals surface area contributed by atoms with Crippen LogP contribution in [0.2, 0.25) is 0 Å². The second-order valence-corrected chi connectivity index (χ2v) is 6.36. The first kappa shape index (κ1) is 15.5. The number of hydrogen-bond acceptors (Lipinski definition) is 3. The van der Waals surface area contributed by atoms with Gasteiger partial charge in [0, 0.05) is 31.7 Å². The van der Waals surface area contributed by atoms with Crippen LogP contribution in [0.4, 0.5) is 0 Å². The van der Waals surface area contributed by atoms with Gasteiger partial charge in [-0.15, -0.1) is 0 Å². The van der Waals surface area contributed by atoms with Gasteiger partial charge in [-0.2, -0.15) is 5.10 Å². The van der Waals surface area contributed by atoms with Crippen LogP contribution in [0, 0.1) is 6.92 Å². The summed E-state index contributed by atoms with van der Waals surface area (Å²) < 4.78 is 2.03. The fraction of sp³-hybridized carbons (Fsp3) is 0.812. The van der Waals surface area contributed by atoms with Crippen LogP contribution in [0.25, 0.3) is 0 Å². The van der Waals surface area contributed by atoms with Crippen molar-refractivity contribution in [3.8, 4) is 0 Å². The van der Waals surface area contributed by atoms with Crippen LogP contribution in [0.1, 0.15) is 51.4 Å². The molecule has 0 bridgehead atoms. The smallest absolute Gasteiger partial charge is 0.0597 e. The Balaban J connectivity index is 2.16. The third-order valence-electron chi connectivity index (χ3n) is 5.01. The van der Waals surface area contributed by atoms with Crippen LogP contribution in [-0.4, -0.2) is 39.4 Å². The van der Waals surface area contributed by atoms with Crippen molar-refractivity contribution >= 4 is 0 Å². The summed E-state index contributed by atoms with van der Waals surface area (Å²) in [5.74, 6) is 0. The third-order valence-corrected chi connectivity index (χ3v) is 5.01. The van der Waals surface area contributed by atoms with E-state index >= 15 is 0 Å². The van der Waals surface area contributed by atoms with Crippen molar-refractivity contribution in [2.45, 2.75) is 65.1 Å². The van der Waals surface area contributed by atoms with Gasteiger partial charge in [-0.25, -0.2) is 0 Å². The predicted molar refractivity (Wildman–Crippen MR) is 83.7 cm³/mol. The molecule has 0 radical (unpaired) electrons. The minimum atomic E-state index is 0.276. The van der Waals surface area contributed by atoms with E-state index in [0.717, 1.165) is 25.3 Å². The van der Waals surface area contributed by atoms with Crippen LogP contribution < -0.4 is 5.32 Å². The molecule has 114 valence electrons. The Kier molecular flexibility index (Phi) is 4.86. The molecule has 2 rings (SSSR count). The van der Waals surface area contributed by atoms with Gasteiger partial charge in [0.1, 0.15) is 0 Å². The van der Waals surface area contributed by atoms with E-state index in [0.29, 0.717) is 6.04 Å². The summed E-state index contributed by atoms with van der Waals surface area (Å²) in [5, 5.41) is 8.27. The normalized spacial score (nSPS) is 23.8. The molecule has 0 spiro atoms. The molecule has 1 saturated heterocycles. The zero-order valence-electron chi connectivity index (χ0n) is 13.7. The van der Waals surface area contributed by atoms with Gasteiger partial charge in [0.05, 0.1) is 11.4 Å². The average molecular weight is 278 g/mol. The van der Waals surface area contributed by atoms with Crippen LogP contribution in [0.5, 0.6) is 0 Å². The quantitative estimate of drug-likeness (QED) is 0.918. The lowest BCUT2D eigenvalue weighted by atomic mass is 9.92. The van der Waals surface area contributed by atoms with E-state index in [1.54, 1.807) is 0 Å². The molecule has 4 nitrogen and oxygen atoms in total. The maximum Gasteiger partial charge on any atom is 0.0597 e. The van der Waals surface area contributed by atoms with E-state index in [1.165, 1.54) is 25.0 Å². The highest BCUT2D eigenvalue weighted by Gasteiger charge is 2.33. The molecule has 1 aliphatic heterocycles. The molecule has 1 N–H and O–H groups in total. The minimum Gasteiger partial charge on any atom is -0.310 e. The van der Waals surface area contributed by atoms with Crippen molar-refractivity contribution in [1.82, 2.24) is 20.0 Å². The standard InChI is InChI=1S/C16H30N4/c1-6-16(7-2)12-20(14(4)8-9-17-16)11-15-10-13(3)18-19(15)5/h10,14,17H,6-9,11-12H2,1-5H3. The Morgan fingerprint density at radius 3 is 2.65 bits per heavy atom. The monoisotopic (exact) mass is 278 g/mol. The second kappa shape index (κ2) is 6.27. The number of nitrogens with zero attached hydrogens (tertiary/aromatic N) is 3. The Morgan fingerprint density at radius 2 is 2.10 bits per heavy atom. The highest BCUT2D eigenvalue weighted by Crippen LogP contribution is 2.24. The van der Waals surface area contributed by atoms with E-state index in [1.807, 2.05) is 4.68 Å². The largest absolute Gasteiger partial charge is 0.310 e. The van der Waals surface area contributed by atoms with Gasteiger partial charge >= 0.3 is 0 Å². The lowest BCUT2D eigenvalue weighted by molar-refractivity contribution is 0.149. The summed E-state index contributed by atoms with van der Waals surface area (Å²) in [6.07, 6.45) is 3.60.